The number of amides is 2. The predicted molar refractivity (Wildman–Crippen MR) is 48.1 cm³/mol. The van der Waals surface area contributed by atoms with Gasteiger partial charge in [-0.2, -0.15) is 0 Å². The average molecular weight is 185 g/mol. The number of nitrogens with zero attached hydrogens (tertiary/aromatic N) is 1. The number of primary amides is 1. The zero-order valence-electron chi connectivity index (χ0n) is 6.83. The molecule has 0 aliphatic carbocycles. The molecule has 0 unspecified atom stereocenters. The van der Waals surface area contributed by atoms with Gasteiger partial charge in [0, 0.05) is 24.0 Å². The molecule has 0 spiro atoms. The van der Waals surface area contributed by atoms with Crippen LogP contribution in [0.25, 0.3) is 0 Å². The van der Waals surface area contributed by atoms with Gasteiger partial charge in [-0.3, -0.25) is 0 Å². The molecule has 0 radical (unpaired) electrons. The lowest BCUT2D eigenvalue weighted by molar-refractivity contribution is 0.249. The summed E-state index contributed by atoms with van der Waals surface area (Å²) in [5, 5.41) is 3.57. The van der Waals surface area contributed by atoms with Crippen LogP contribution >= 0.6 is 11.3 Å². The third kappa shape index (κ3) is 2.87. The Hall–Kier alpha value is -1.10. The fraction of sp³-hybridized carbons (Fsp3) is 0.429. The second-order valence-electron chi connectivity index (χ2n) is 2.39. The molecule has 1 rings (SSSR count). The SMILES string of the molecule is Cc1ncc(CCNC(N)=O)s1. The number of hydrogen-bond acceptors (Lipinski definition) is 3. The number of thiazole rings is 1. The van der Waals surface area contributed by atoms with Crippen LogP contribution in [0.5, 0.6) is 0 Å². The number of rotatable bonds is 3. The maximum absolute atomic E-state index is 10.3. The van der Waals surface area contributed by atoms with Crippen LogP contribution in [0.3, 0.4) is 0 Å². The van der Waals surface area contributed by atoms with Gasteiger partial charge in [-0.15, -0.1) is 11.3 Å². The first-order valence-corrected chi connectivity index (χ1v) is 4.45. The number of aryl methyl sites for hydroxylation is 1. The predicted octanol–water partition coefficient (Wildman–Crippen LogP) is 0.662. The van der Waals surface area contributed by atoms with Gasteiger partial charge >= 0.3 is 6.03 Å². The van der Waals surface area contributed by atoms with Crippen LogP contribution in [0.4, 0.5) is 4.79 Å². The molecule has 12 heavy (non-hydrogen) atoms. The minimum Gasteiger partial charge on any atom is -0.352 e. The van der Waals surface area contributed by atoms with Crippen molar-refractivity contribution in [3.63, 3.8) is 0 Å². The van der Waals surface area contributed by atoms with Gasteiger partial charge in [0.05, 0.1) is 5.01 Å². The highest BCUT2D eigenvalue weighted by Crippen LogP contribution is 2.11. The van der Waals surface area contributed by atoms with Crippen molar-refractivity contribution in [1.82, 2.24) is 10.3 Å². The maximum Gasteiger partial charge on any atom is 0.312 e. The second-order valence-corrected chi connectivity index (χ2v) is 3.71. The molecule has 1 heterocycles. The Labute approximate surface area is 74.8 Å². The van der Waals surface area contributed by atoms with E-state index in [-0.39, 0.29) is 0 Å². The van der Waals surface area contributed by atoms with Crippen molar-refractivity contribution < 1.29 is 4.79 Å². The summed E-state index contributed by atoms with van der Waals surface area (Å²) in [4.78, 5) is 15.6. The van der Waals surface area contributed by atoms with E-state index in [4.69, 9.17) is 5.73 Å². The normalized spacial score (nSPS) is 9.75. The molecule has 0 bridgehead atoms. The van der Waals surface area contributed by atoms with E-state index in [0.29, 0.717) is 6.54 Å². The van der Waals surface area contributed by atoms with E-state index in [2.05, 4.69) is 10.3 Å². The van der Waals surface area contributed by atoms with Crippen molar-refractivity contribution in [3.8, 4) is 0 Å². The van der Waals surface area contributed by atoms with Gasteiger partial charge in [0.15, 0.2) is 0 Å². The molecule has 0 saturated heterocycles. The van der Waals surface area contributed by atoms with Gasteiger partial charge in [0.25, 0.3) is 0 Å². The molecule has 0 aliphatic rings. The van der Waals surface area contributed by atoms with Crippen LogP contribution in [0, 0.1) is 6.92 Å². The molecule has 1 aromatic rings. The molecule has 0 atom stereocenters. The summed E-state index contributed by atoms with van der Waals surface area (Å²) >= 11 is 1.64. The fourth-order valence-electron chi connectivity index (χ4n) is 0.830. The van der Waals surface area contributed by atoms with Crippen molar-refractivity contribution in [2.75, 3.05) is 6.54 Å². The summed E-state index contributed by atoms with van der Waals surface area (Å²) in [5.74, 6) is 0. The largest absolute Gasteiger partial charge is 0.352 e. The summed E-state index contributed by atoms with van der Waals surface area (Å²) in [7, 11) is 0. The Morgan fingerprint density at radius 2 is 2.58 bits per heavy atom. The Balaban J connectivity index is 2.29. The van der Waals surface area contributed by atoms with Gasteiger partial charge in [0.2, 0.25) is 0 Å². The van der Waals surface area contributed by atoms with Crippen LogP contribution in [-0.2, 0) is 6.42 Å². The Bertz CT molecular complexity index is 271. The van der Waals surface area contributed by atoms with Crippen molar-refractivity contribution in [3.05, 3.63) is 16.1 Å². The van der Waals surface area contributed by atoms with Crippen LogP contribution in [0.15, 0.2) is 6.20 Å². The standard InChI is InChI=1S/C7H11N3OS/c1-5-10-4-6(12-5)2-3-9-7(8)11/h4H,2-3H2,1H3,(H3,8,9,11). The van der Waals surface area contributed by atoms with Gasteiger partial charge in [0.1, 0.15) is 0 Å². The molecule has 2 amide bonds. The lowest BCUT2D eigenvalue weighted by Crippen LogP contribution is -2.30. The molecule has 0 saturated carbocycles. The molecule has 3 N–H and O–H groups in total. The van der Waals surface area contributed by atoms with Gasteiger partial charge in [-0.25, -0.2) is 9.78 Å². The van der Waals surface area contributed by atoms with E-state index in [1.54, 1.807) is 11.3 Å². The lowest BCUT2D eigenvalue weighted by atomic mass is 10.4. The number of nitrogens with two attached hydrogens (primary N) is 1. The highest BCUT2D eigenvalue weighted by atomic mass is 32.1. The molecular weight excluding hydrogens is 174 g/mol. The summed E-state index contributed by atoms with van der Waals surface area (Å²) in [6.07, 6.45) is 2.62. The average Bonchev–Trinajstić information content (AvgIpc) is 2.35. The lowest BCUT2D eigenvalue weighted by Gasteiger charge is -1.97. The number of carbonyl (C=O) groups excluding carboxylic acids is 1. The summed E-state index contributed by atoms with van der Waals surface area (Å²) in [6, 6.07) is -0.476. The number of urea groups is 1. The van der Waals surface area contributed by atoms with Crippen molar-refractivity contribution in [2.45, 2.75) is 13.3 Å². The quantitative estimate of drug-likeness (QED) is 0.726. The topological polar surface area (TPSA) is 68.0 Å². The first kappa shape index (κ1) is 8.99. The van der Waals surface area contributed by atoms with E-state index in [9.17, 15) is 4.79 Å². The van der Waals surface area contributed by atoms with Crippen LogP contribution < -0.4 is 11.1 Å². The maximum atomic E-state index is 10.3. The van der Waals surface area contributed by atoms with Gasteiger partial charge in [-0.05, 0) is 6.92 Å². The fourth-order valence-corrected chi connectivity index (χ4v) is 1.62. The molecule has 0 fully saturated rings. The van der Waals surface area contributed by atoms with Crippen LogP contribution in [-0.4, -0.2) is 17.6 Å². The highest BCUT2D eigenvalue weighted by molar-refractivity contribution is 7.11. The summed E-state index contributed by atoms with van der Waals surface area (Å²) in [5.41, 5.74) is 4.90. The van der Waals surface area contributed by atoms with Crippen molar-refractivity contribution >= 4 is 17.4 Å². The van der Waals surface area contributed by atoms with Crippen LogP contribution in [0.1, 0.15) is 9.88 Å². The smallest absolute Gasteiger partial charge is 0.312 e. The van der Waals surface area contributed by atoms with E-state index in [1.165, 1.54) is 4.88 Å². The first-order valence-electron chi connectivity index (χ1n) is 3.63. The number of hydrogen-bond donors (Lipinski definition) is 2. The Morgan fingerprint density at radius 3 is 3.08 bits per heavy atom. The molecule has 0 aliphatic heterocycles. The second kappa shape index (κ2) is 4.06. The van der Waals surface area contributed by atoms with E-state index < -0.39 is 6.03 Å². The number of nitrogens with one attached hydrogen (secondary N) is 1. The van der Waals surface area contributed by atoms with E-state index >= 15 is 0 Å². The Kier molecular flexibility index (Phi) is 3.04. The number of carbonyl (C=O) groups is 1. The van der Waals surface area contributed by atoms with Crippen LogP contribution in [0.2, 0.25) is 0 Å². The van der Waals surface area contributed by atoms with Gasteiger partial charge < -0.3 is 11.1 Å². The van der Waals surface area contributed by atoms with Crippen molar-refractivity contribution in [1.29, 1.82) is 0 Å². The van der Waals surface area contributed by atoms with Gasteiger partial charge in [-0.1, -0.05) is 0 Å². The zero-order valence-corrected chi connectivity index (χ0v) is 7.65. The van der Waals surface area contributed by atoms with E-state index in [1.807, 2.05) is 13.1 Å². The van der Waals surface area contributed by atoms with E-state index in [0.717, 1.165) is 11.4 Å². The third-order valence-corrected chi connectivity index (χ3v) is 2.31. The first-order chi connectivity index (χ1) is 5.68. The summed E-state index contributed by atoms with van der Waals surface area (Å²) in [6.45, 7) is 2.53. The molecule has 5 heteroatoms. The molecule has 4 nitrogen and oxygen atoms in total. The minimum absolute atomic E-state index is 0.476. The minimum atomic E-state index is -0.476. The molecule has 66 valence electrons. The highest BCUT2D eigenvalue weighted by Gasteiger charge is 1.97. The molecule has 1 aromatic heterocycles. The molecular formula is C7H11N3OS. The monoisotopic (exact) mass is 185 g/mol. The summed E-state index contributed by atoms with van der Waals surface area (Å²) < 4.78 is 0. The van der Waals surface area contributed by atoms with Crippen molar-refractivity contribution in [2.24, 2.45) is 5.73 Å². The zero-order chi connectivity index (χ0) is 8.97. The Morgan fingerprint density at radius 1 is 1.83 bits per heavy atom. The molecule has 0 aromatic carbocycles. The third-order valence-electron chi connectivity index (χ3n) is 1.34. The number of aromatic nitrogens is 1.